The molecule has 0 unspecified atom stereocenters. The van der Waals surface area contributed by atoms with Crippen molar-refractivity contribution in [2.75, 3.05) is 43.1 Å². The molecule has 234 valence electrons. The molecule has 6 heteroatoms. The second-order valence-electron chi connectivity index (χ2n) is 12.0. The third-order valence-corrected chi connectivity index (χ3v) is 9.05. The molecule has 0 atom stereocenters. The lowest BCUT2D eigenvalue weighted by Gasteiger charge is -2.21. The van der Waals surface area contributed by atoms with Gasteiger partial charge in [0.25, 0.3) is 0 Å². The van der Waals surface area contributed by atoms with E-state index < -0.39 is 0 Å². The van der Waals surface area contributed by atoms with Gasteiger partial charge in [0.05, 0.1) is 17.7 Å². The molecule has 4 aromatic rings. The van der Waals surface area contributed by atoms with Gasteiger partial charge in [0.1, 0.15) is 18.1 Å². The molecule has 3 aromatic carbocycles. The number of para-hydroxylation sites is 1. The summed E-state index contributed by atoms with van der Waals surface area (Å²) in [7, 11) is 0. The van der Waals surface area contributed by atoms with E-state index in [0.29, 0.717) is 23.5 Å². The molecule has 1 aliphatic carbocycles. The van der Waals surface area contributed by atoms with E-state index in [1.165, 1.54) is 40.9 Å². The number of rotatable bonds is 13. The largest absolute Gasteiger partial charge is 0.493 e. The molecule has 45 heavy (non-hydrogen) atoms. The van der Waals surface area contributed by atoms with E-state index in [1.807, 2.05) is 24.3 Å². The lowest BCUT2D eigenvalue weighted by Crippen LogP contribution is -2.21. The number of nitrogens with one attached hydrogen (secondary N) is 1. The summed E-state index contributed by atoms with van der Waals surface area (Å²) in [5.74, 6) is 1.37. The van der Waals surface area contributed by atoms with Gasteiger partial charge < -0.3 is 19.7 Å². The summed E-state index contributed by atoms with van der Waals surface area (Å²) in [6.07, 6.45) is 11.0. The van der Waals surface area contributed by atoms with Crippen LogP contribution in [-0.4, -0.2) is 43.6 Å². The van der Waals surface area contributed by atoms with E-state index in [2.05, 4.69) is 72.6 Å². The zero-order chi connectivity index (χ0) is 31.0. The van der Waals surface area contributed by atoms with Gasteiger partial charge in [-0.1, -0.05) is 43.2 Å². The van der Waals surface area contributed by atoms with Crippen molar-refractivity contribution in [2.24, 2.45) is 0 Å². The van der Waals surface area contributed by atoms with Crippen molar-refractivity contribution in [3.05, 3.63) is 94.7 Å². The van der Waals surface area contributed by atoms with Crippen LogP contribution in [0.15, 0.2) is 72.3 Å². The maximum atomic E-state index is 13.2. The van der Waals surface area contributed by atoms with Gasteiger partial charge in [0, 0.05) is 53.7 Å². The minimum absolute atomic E-state index is 0.0181. The number of aromatic nitrogens is 1. The Balaban J connectivity index is 0.949. The fourth-order valence-electron chi connectivity index (χ4n) is 6.53. The summed E-state index contributed by atoms with van der Waals surface area (Å²) >= 11 is 0. The molecule has 0 fully saturated rings. The number of carbonyl (C=O) groups excluding carboxylic acids is 1. The maximum absolute atomic E-state index is 13.2. The Labute approximate surface area is 267 Å². The topological polar surface area (TPSA) is 63.7 Å². The highest BCUT2D eigenvalue weighted by molar-refractivity contribution is 6.14. The average molecular weight is 604 g/mol. The number of hydrogen-bond donors (Lipinski definition) is 1. The Bertz CT molecular complexity index is 1660. The fraction of sp³-hybridized carbons (Fsp3) is 0.385. The van der Waals surface area contributed by atoms with E-state index >= 15 is 0 Å². The van der Waals surface area contributed by atoms with Crippen LogP contribution in [0.5, 0.6) is 11.5 Å². The molecule has 6 rings (SSSR count). The van der Waals surface area contributed by atoms with Crippen LogP contribution in [0.25, 0.3) is 17.0 Å². The van der Waals surface area contributed by atoms with Crippen molar-refractivity contribution in [1.82, 2.24) is 4.98 Å². The SMILES string of the molecule is CCN(CC)c1ccc(/C=C2\COc3cc(OCCCCCCNc4c5c(nc6ccccc46)CCCC5)ccc3C2=O)cc1. The van der Waals surface area contributed by atoms with Crippen LogP contribution in [0.3, 0.4) is 0 Å². The molecule has 6 nitrogen and oxygen atoms in total. The van der Waals surface area contributed by atoms with Crippen molar-refractivity contribution in [1.29, 1.82) is 0 Å². The highest BCUT2D eigenvalue weighted by atomic mass is 16.5. The number of carbonyl (C=O) groups is 1. The Morgan fingerprint density at radius 1 is 0.933 bits per heavy atom. The van der Waals surface area contributed by atoms with E-state index in [9.17, 15) is 4.79 Å². The van der Waals surface area contributed by atoms with Gasteiger partial charge in [-0.2, -0.15) is 0 Å². The quantitative estimate of drug-likeness (QED) is 0.122. The van der Waals surface area contributed by atoms with Crippen LogP contribution in [-0.2, 0) is 12.8 Å². The normalized spacial score (nSPS) is 15.0. The first kappa shape index (κ1) is 30.7. The molecule has 2 aliphatic rings. The third kappa shape index (κ3) is 7.16. The first-order valence-corrected chi connectivity index (χ1v) is 16.8. The van der Waals surface area contributed by atoms with Gasteiger partial charge in [-0.3, -0.25) is 9.78 Å². The van der Waals surface area contributed by atoms with E-state index in [4.69, 9.17) is 14.5 Å². The van der Waals surface area contributed by atoms with E-state index in [1.54, 1.807) is 0 Å². The van der Waals surface area contributed by atoms with Crippen LogP contribution >= 0.6 is 0 Å². The van der Waals surface area contributed by atoms with Crippen molar-refractivity contribution in [3.8, 4) is 11.5 Å². The lowest BCUT2D eigenvalue weighted by molar-refractivity contribution is 0.100. The summed E-state index contributed by atoms with van der Waals surface area (Å²) < 4.78 is 12.0. The average Bonchev–Trinajstić information content (AvgIpc) is 3.08. The zero-order valence-corrected chi connectivity index (χ0v) is 26.7. The van der Waals surface area contributed by atoms with Gasteiger partial charge in [0.15, 0.2) is 5.78 Å². The smallest absolute Gasteiger partial charge is 0.196 e. The molecule has 0 amide bonds. The van der Waals surface area contributed by atoms with Crippen LogP contribution in [0, 0.1) is 0 Å². The Kier molecular flexibility index (Phi) is 9.99. The molecule has 1 aliphatic heterocycles. The number of anilines is 2. The molecule has 0 bridgehead atoms. The summed E-state index contributed by atoms with van der Waals surface area (Å²) in [4.78, 5) is 20.5. The molecule has 1 aromatic heterocycles. The number of benzene rings is 3. The highest BCUT2D eigenvalue weighted by Gasteiger charge is 2.24. The third-order valence-electron chi connectivity index (χ3n) is 9.05. The van der Waals surface area contributed by atoms with Gasteiger partial charge >= 0.3 is 0 Å². The summed E-state index contributed by atoms with van der Waals surface area (Å²) in [6, 6.07) is 22.4. The molecular weight excluding hydrogens is 558 g/mol. The van der Waals surface area contributed by atoms with Crippen molar-refractivity contribution >= 4 is 34.1 Å². The minimum Gasteiger partial charge on any atom is -0.493 e. The second kappa shape index (κ2) is 14.6. The van der Waals surface area contributed by atoms with E-state index in [0.717, 1.165) is 75.0 Å². The monoisotopic (exact) mass is 603 g/mol. The van der Waals surface area contributed by atoms with Crippen molar-refractivity contribution in [2.45, 2.75) is 65.2 Å². The number of fused-ring (bicyclic) bond motifs is 3. The maximum Gasteiger partial charge on any atom is 0.196 e. The molecule has 0 saturated carbocycles. The Morgan fingerprint density at radius 3 is 2.58 bits per heavy atom. The highest BCUT2D eigenvalue weighted by Crippen LogP contribution is 2.34. The number of aryl methyl sites for hydroxylation is 1. The first-order valence-electron chi connectivity index (χ1n) is 16.8. The zero-order valence-electron chi connectivity index (χ0n) is 26.7. The molecule has 0 spiro atoms. The second-order valence-corrected chi connectivity index (χ2v) is 12.0. The van der Waals surface area contributed by atoms with Gasteiger partial charge in [-0.15, -0.1) is 0 Å². The molecule has 2 heterocycles. The summed E-state index contributed by atoms with van der Waals surface area (Å²) in [5, 5.41) is 5.02. The number of ketones is 1. The van der Waals surface area contributed by atoms with Crippen LogP contribution < -0.4 is 19.7 Å². The first-order chi connectivity index (χ1) is 22.1. The van der Waals surface area contributed by atoms with E-state index in [-0.39, 0.29) is 12.4 Å². The summed E-state index contributed by atoms with van der Waals surface area (Å²) in [5.41, 5.74) is 8.57. The fourth-order valence-corrected chi connectivity index (χ4v) is 6.53. The minimum atomic E-state index is 0.0181. The number of pyridine rings is 1. The van der Waals surface area contributed by atoms with Crippen LogP contribution in [0.4, 0.5) is 11.4 Å². The van der Waals surface area contributed by atoms with Crippen LogP contribution in [0.1, 0.15) is 79.6 Å². The number of nitrogens with zero attached hydrogens (tertiary/aromatic N) is 2. The lowest BCUT2D eigenvalue weighted by atomic mass is 9.92. The van der Waals surface area contributed by atoms with Gasteiger partial charge in [-0.05, 0) is 99.9 Å². The van der Waals surface area contributed by atoms with Crippen molar-refractivity contribution < 1.29 is 14.3 Å². The molecule has 0 radical (unpaired) electrons. The number of unbranched alkanes of at least 4 members (excludes halogenated alkanes) is 3. The standard InChI is InChI=1S/C39H45N3O3/c1-3-42(4-2)30-19-17-28(18-20-30)25-29-27-45-37-26-31(21-22-34(37)39(29)43)44-24-12-6-5-11-23-40-38-32-13-7-9-15-35(32)41-36-16-10-8-14-33(36)38/h7,9,13,15,17-22,25-26H,3-6,8,10-12,14,16,23-24,27H2,1-2H3,(H,40,41)/b29-25+. The predicted octanol–water partition coefficient (Wildman–Crippen LogP) is 8.67. The number of Topliss-reactive ketones (excluding diaryl/α,β-unsaturated/α-hetero) is 1. The van der Waals surface area contributed by atoms with Crippen molar-refractivity contribution in [3.63, 3.8) is 0 Å². The predicted molar refractivity (Wildman–Crippen MR) is 185 cm³/mol. The van der Waals surface area contributed by atoms with Gasteiger partial charge in [0.2, 0.25) is 0 Å². The Hall–Kier alpha value is -4.32. The van der Waals surface area contributed by atoms with Gasteiger partial charge in [-0.25, -0.2) is 0 Å². The Morgan fingerprint density at radius 2 is 1.73 bits per heavy atom. The molecule has 1 N–H and O–H groups in total. The molecule has 0 saturated heterocycles. The number of ether oxygens (including phenoxy) is 2. The van der Waals surface area contributed by atoms with Crippen LogP contribution in [0.2, 0.25) is 0 Å². The summed E-state index contributed by atoms with van der Waals surface area (Å²) in [6.45, 7) is 8.13. The number of hydrogen-bond acceptors (Lipinski definition) is 6. The molecular formula is C39H45N3O3.